The first-order valence-corrected chi connectivity index (χ1v) is 11.4. The lowest BCUT2D eigenvalue weighted by Crippen LogP contribution is -2.25. The van der Waals surface area contributed by atoms with E-state index in [4.69, 9.17) is 0 Å². The van der Waals surface area contributed by atoms with Crippen molar-refractivity contribution in [1.29, 1.82) is 0 Å². The maximum Gasteiger partial charge on any atom is 0.374 e. The molecule has 0 saturated heterocycles. The number of ether oxygens (including phenoxy) is 1. The summed E-state index contributed by atoms with van der Waals surface area (Å²) in [6.45, 7) is 7.64. The molecule has 0 aromatic rings. The molecule has 1 rings (SSSR count). The Bertz CT molecular complexity index is 665. The molecule has 2 N–H and O–H groups in total. The van der Waals surface area contributed by atoms with Gasteiger partial charge in [-0.1, -0.05) is 50.1 Å². The number of unbranched alkanes of at least 4 members (excludes halogenated alkanes) is 2. The van der Waals surface area contributed by atoms with Crippen molar-refractivity contribution in [2.24, 2.45) is 11.8 Å². The van der Waals surface area contributed by atoms with Crippen LogP contribution in [0, 0.1) is 11.8 Å². The van der Waals surface area contributed by atoms with Crippen LogP contribution in [0.15, 0.2) is 37.0 Å². The first kappa shape index (κ1) is 27.0. The number of aliphatic hydroxyl groups excluding tert-OH is 1. The fraction of sp³-hybridized carbons (Fsp3) is 0.640. The van der Waals surface area contributed by atoms with Crippen LogP contribution in [0.2, 0.25) is 0 Å². The molecule has 1 unspecified atom stereocenters. The molecular formula is C25H38O6. The molecule has 0 radical (unpaired) electrons. The lowest BCUT2D eigenvalue weighted by atomic mass is 9.88. The Balaban J connectivity index is 2.53. The minimum Gasteiger partial charge on any atom is -0.460 e. The first-order valence-electron chi connectivity index (χ1n) is 11.4. The van der Waals surface area contributed by atoms with E-state index in [1.807, 2.05) is 24.3 Å². The quantitative estimate of drug-likeness (QED) is 0.176. The number of ketones is 2. The van der Waals surface area contributed by atoms with Crippen LogP contribution >= 0.6 is 0 Å². The van der Waals surface area contributed by atoms with Gasteiger partial charge in [0, 0.05) is 24.7 Å². The SMILES string of the molecule is C=CC(O)(C/C=C/[C@H]1[C@H](O)CC(=O)[C@@H]1C/C=C\CCCC(=O)C(=O)OCC)CCCC. The van der Waals surface area contributed by atoms with Crippen molar-refractivity contribution in [3.05, 3.63) is 37.0 Å². The van der Waals surface area contributed by atoms with Gasteiger partial charge >= 0.3 is 5.97 Å². The molecule has 0 spiro atoms. The van der Waals surface area contributed by atoms with Crippen molar-refractivity contribution in [3.63, 3.8) is 0 Å². The van der Waals surface area contributed by atoms with Gasteiger partial charge in [0.25, 0.3) is 0 Å². The van der Waals surface area contributed by atoms with Crippen molar-refractivity contribution in [1.82, 2.24) is 0 Å². The second kappa shape index (κ2) is 14.1. The molecule has 0 aromatic carbocycles. The van der Waals surface area contributed by atoms with E-state index < -0.39 is 23.5 Å². The van der Waals surface area contributed by atoms with Crippen LogP contribution in [-0.2, 0) is 19.1 Å². The van der Waals surface area contributed by atoms with E-state index >= 15 is 0 Å². The number of allylic oxidation sites excluding steroid dienone is 2. The van der Waals surface area contributed by atoms with E-state index in [9.17, 15) is 24.6 Å². The Labute approximate surface area is 186 Å². The van der Waals surface area contributed by atoms with Gasteiger partial charge in [0.15, 0.2) is 0 Å². The van der Waals surface area contributed by atoms with Crippen molar-refractivity contribution < 1.29 is 29.3 Å². The highest BCUT2D eigenvalue weighted by molar-refractivity contribution is 6.33. The highest BCUT2D eigenvalue weighted by Gasteiger charge is 2.39. The summed E-state index contributed by atoms with van der Waals surface area (Å²) in [7, 11) is 0. The van der Waals surface area contributed by atoms with Crippen LogP contribution in [0.25, 0.3) is 0 Å². The van der Waals surface area contributed by atoms with Gasteiger partial charge in [-0.3, -0.25) is 9.59 Å². The fourth-order valence-electron chi connectivity index (χ4n) is 3.78. The summed E-state index contributed by atoms with van der Waals surface area (Å²) in [6, 6.07) is 0. The van der Waals surface area contributed by atoms with Crippen LogP contribution < -0.4 is 0 Å². The third-order valence-electron chi connectivity index (χ3n) is 5.74. The van der Waals surface area contributed by atoms with E-state index in [2.05, 4.69) is 18.2 Å². The summed E-state index contributed by atoms with van der Waals surface area (Å²) in [4.78, 5) is 35.1. The number of Topliss-reactive ketones (excluding diaryl/α,β-unsaturated/α-hetero) is 2. The Morgan fingerprint density at radius 3 is 2.61 bits per heavy atom. The third-order valence-corrected chi connectivity index (χ3v) is 5.74. The molecule has 4 atom stereocenters. The summed E-state index contributed by atoms with van der Waals surface area (Å²) < 4.78 is 4.67. The summed E-state index contributed by atoms with van der Waals surface area (Å²) in [6.07, 6.45) is 13.2. The van der Waals surface area contributed by atoms with Gasteiger partial charge < -0.3 is 14.9 Å². The molecule has 0 amide bonds. The van der Waals surface area contributed by atoms with E-state index in [0.29, 0.717) is 32.1 Å². The smallest absolute Gasteiger partial charge is 0.374 e. The molecule has 1 saturated carbocycles. The number of hydrogen-bond donors (Lipinski definition) is 2. The Morgan fingerprint density at radius 1 is 1.23 bits per heavy atom. The molecular weight excluding hydrogens is 396 g/mol. The average molecular weight is 435 g/mol. The third kappa shape index (κ3) is 9.32. The largest absolute Gasteiger partial charge is 0.460 e. The van der Waals surface area contributed by atoms with Crippen LogP contribution in [0.4, 0.5) is 0 Å². The topological polar surface area (TPSA) is 101 Å². The molecule has 0 aliphatic heterocycles. The van der Waals surface area contributed by atoms with E-state index in [1.165, 1.54) is 0 Å². The highest BCUT2D eigenvalue weighted by Crippen LogP contribution is 2.34. The Morgan fingerprint density at radius 2 is 1.97 bits per heavy atom. The van der Waals surface area contributed by atoms with Crippen molar-refractivity contribution in [2.75, 3.05) is 6.61 Å². The van der Waals surface area contributed by atoms with Crippen molar-refractivity contribution in [2.45, 2.75) is 83.3 Å². The zero-order valence-corrected chi connectivity index (χ0v) is 18.9. The van der Waals surface area contributed by atoms with Gasteiger partial charge in [0.1, 0.15) is 5.78 Å². The fourth-order valence-corrected chi connectivity index (χ4v) is 3.78. The van der Waals surface area contributed by atoms with Gasteiger partial charge in [-0.05, 0) is 39.0 Å². The molecule has 1 aliphatic rings. The molecule has 31 heavy (non-hydrogen) atoms. The molecule has 1 fully saturated rings. The number of carbonyl (C=O) groups excluding carboxylic acids is 3. The predicted molar refractivity (Wildman–Crippen MR) is 120 cm³/mol. The molecule has 0 aromatic heterocycles. The van der Waals surface area contributed by atoms with Gasteiger partial charge in [-0.2, -0.15) is 0 Å². The average Bonchev–Trinajstić information content (AvgIpc) is 3.01. The van der Waals surface area contributed by atoms with E-state index in [0.717, 1.165) is 12.8 Å². The van der Waals surface area contributed by atoms with Crippen LogP contribution in [-0.4, -0.2) is 46.1 Å². The van der Waals surface area contributed by atoms with Gasteiger partial charge in [0.05, 0.1) is 18.3 Å². The number of hydrogen-bond acceptors (Lipinski definition) is 6. The monoisotopic (exact) mass is 434 g/mol. The number of carbonyl (C=O) groups is 3. The first-order chi connectivity index (χ1) is 14.8. The van der Waals surface area contributed by atoms with Crippen LogP contribution in [0.1, 0.15) is 71.6 Å². The molecule has 0 heterocycles. The van der Waals surface area contributed by atoms with Gasteiger partial charge in [-0.15, -0.1) is 6.58 Å². The maximum absolute atomic E-state index is 12.3. The van der Waals surface area contributed by atoms with Crippen LogP contribution in [0.3, 0.4) is 0 Å². The minimum absolute atomic E-state index is 0.0363. The van der Waals surface area contributed by atoms with E-state index in [1.54, 1.807) is 13.0 Å². The second-order valence-corrected chi connectivity index (χ2v) is 8.21. The summed E-state index contributed by atoms with van der Waals surface area (Å²) in [5.41, 5.74) is -0.962. The standard InChI is InChI=1S/C25H38O6/c1-4-7-16-25(30,5-2)17-12-14-20-19(22(27)18-23(20)28)13-10-8-9-11-15-21(26)24(29)31-6-3/h5,8,10,12,14,19-20,23,28,30H,2,4,6-7,9,11,13,15-18H2,1,3H3/b10-8-,14-12+/t19-,20-,23-,25?/m1/s1. The molecule has 6 heteroatoms. The molecule has 174 valence electrons. The second-order valence-electron chi connectivity index (χ2n) is 8.21. The molecule has 0 bridgehead atoms. The number of aliphatic hydroxyl groups is 2. The van der Waals surface area contributed by atoms with Gasteiger partial charge in [-0.25, -0.2) is 4.79 Å². The lowest BCUT2D eigenvalue weighted by Gasteiger charge is -2.23. The highest BCUT2D eigenvalue weighted by atomic mass is 16.5. The Kier molecular flexibility index (Phi) is 12.3. The van der Waals surface area contributed by atoms with E-state index in [-0.39, 0.29) is 37.1 Å². The maximum atomic E-state index is 12.3. The zero-order chi connectivity index (χ0) is 23.3. The summed E-state index contributed by atoms with van der Waals surface area (Å²) >= 11 is 0. The van der Waals surface area contributed by atoms with Gasteiger partial charge in [0.2, 0.25) is 5.78 Å². The summed E-state index contributed by atoms with van der Waals surface area (Å²) in [5, 5.41) is 20.9. The van der Waals surface area contributed by atoms with Crippen molar-refractivity contribution in [3.8, 4) is 0 Å². The molecule has 6 nitrogen and oxygen atoms in total. The number of esters is 1. The Hall–Kier alpha value is -2.05. The lowest BCUT2D eigenvalue weighted by molar-refractivity contribution is -0.153. The normalized spacial score (nSPS) is 23.4. The van der Waals surface area contributed by atoms with Crippen LogP contribution in [0.5, 0.6) is 0 Å². The predicted octanol–water partition coefficient (Wildman–Crippen LogP) is 3.85. The zero-order valence-electron chi connectivity index (χ0n) is 18.9. The van der Waals surface area contributed by atoms with Crippen molar-refractivity contribution >= 4 is 17.5 Å². The minimum atomic E-state index is -0.962. The molecule has 1 aliphatic carbocycles. The summed E-state index contributed by atoms with van der Waals surface area (Å²) in [5.74, 6) is -1.84. The number of rotatable bonds is 15.